The molecular weight excluding hydrogens is 261 g/mol. The molecule has 0 radical (unpaired) electrons. The molecule has 0 saturated carbocycles. The van der Waals surface area contributed by atoms with Gasteiger partial charge in [-0.05, 0) is 0 Å². The molecule has 0 aliphatic carbocycles. The van der Waals surface area contributed by atoms with Crippen molar-refractivity contribution in [3.05, 3.63) is 36.6 Å². The molecule has 4 heterocycles. The van der Waals surface area contributed by atoms with Crippen LogP contribution in [0.2, 0.25) is 0 Å². The van der Waals surface area contributed by atoms with Crippen LogP contribution in [-0.4, -0.2) is 29.5 Å². The van der Waals surface area contributed by atoms with E-state index in [1.54, 1.807) is 10.9 Å². The van der Waals surface area contributed by atoms with Crippen molar-refractivity contribution in [1.82, 2.24) is 29.5 Å². The average molecular weight is 271 g/mol. The third-order valence-electron chi connectivity index (χ3n) is 3.21. The molecule has 0 amide bonds. The molecule has 0 unspecified atom stereocenters. The fourth-order valence-corrected chi connectivity index (χ4v) is 2.32. The summed E-state index contributed by atoms with van der Waals surface area (Å²) in [6, 6.07) is 0. The number of nitrogens with zero attached hydrogens (tertiary/aromatic N) is 6. The molecule has 8 heteroatoms. The number of hydrogen-bond donors (Lipinski definition) is 1. The Kier molecular flexibility index (Phi) is 2.14. The van der Waals surface area contributed by atoms with Crippen LogP contribution in [0.5, 0.6) is 0 Å². The fraction of sp³-hybridized carbons (Fsp3) is 0.167. The van der Waals surface area contributed by atoms with Crippen LogP contribution in [0.4, 0.5) is 10.1 Å². The number of aryl methyl sites for hydroxylation is 1. The second kappa shape index (κ2) is 3.86. The average Bonchev–Trinajstić information content (AvgIpc) is 3.00. The van der Waals surface area contributed by atoms with Crippen molar-refractivity contribution in [1.29, 1.82) is 0 Å². The molecule has 7 nitrogen and oxygen atoms in total. The molecule has 0 fully saturated rings. The summed E-state index contributed by atoms with van der Waals surface area (Å²) in [6.45, 7) is 0.580. The zero-order valence-electron chi connectivity index (χ0n) is 10.6. The molecule has 0 spiro atoms. The first kappa shape index (κ1) is 11.1. The molecule has 1 aliphatic heterocycles. The highest BCUT2D eigenvalue weighted by Crippen LogP contribution is 2.34. The highest BCUT2D eigenvalue weighted by atomic mass is 19.1. The van der Waals surface area contributed by atoms with E-state index in [9.17, 15) is 4.39 Å². The Labute approximate surface area is 113 Å². The van der Waals surface area contributed by atoms with E-state index in [0.717, 1.165) is 22.6 Å². The van der Waals surface area contributed by atoms with E-state index in [1.165, 1.54) is 17.2 Å². The van der Waals surface area contributed by atoms with Crippen LogP contribution in [0.1, 0.15) is 5.69 Å². The summed E-state index contributed by atoms with van der Waals surface area (Å²) in [5.74, 6) is -0.603. The minimum absolute atomic E-state index is 0.222. The van der Waals surface area contributed by atoms with Gasteiger partial charge < -0.3 is 5.32 Å². The smallest absolute Gasteiger partial charge is 0.241 e. The number of hydrogen-bond acceptors (Lipinski definition) is 5. The van der Waals surface area contributed by atoms with Crippen molar-refractivity contribution in [2.24, 2.45) is 7.05 Å². The fourth-order valence-electron chi connectivity index (χ4n) is 2.32. The minimum atomic E-state index is -0.603. The predicted molar refractivity (Wildman–Crippen MR) is 68.6 cm³/mol. The summed E-state index contributed by atoms with van der Waals surface area (Å²) < 4.78 is 16.9. The predicted octanol–water partition coefficient (Wildman–Crippen LogP) is 1.13. The Balaban J connectivity index is 1.88. The molecule has 0 bridgehead atoms. The zero-order chi connectivity index (χ0) is 13.7. The van der Waals surface area contributed by atoms with Gasteiger partial charge in [0.05, 0.1) is 24.1 Å². The van der Waals surface area contributed by atoms with Crippen molar-refractivity contribution in [3.8, 4) is 16.9 Å². The maximum Gasteiger partial charge on any atom is 0.241 e. The summed E-state index contributed by atoms with van der Waals surface area (Å²) >= 11 is 0. The van der Waals surface area contributed by atoms with Crippen molar-refractivity contribution in [2.45, 2.75) is 6.54 Å². The number of nitrogens with one attached hydrogen (secondary N) is 1. The molecule has 4 rings (SSSR count). The van der Waals surface area contributed by atoms with Crippen molar-refractivity contribution in [2.75, 3.05) is 5.32 Å². The first-order chi connectivity index (χ1) is 9.72. The largest absolute Gasteiger partial charge is 0.376 e. The lowest BCUT2D eigenvalue weighted by molar-refractivity contribution is 0.563. The molecule has 0 aromatic carbocycles. The van der Waals surface area contributed by atoms with Gasteiger partial charge in [0.2, 0.25) is 5.95 Å². The van der Waals surface area contributed by atoms with Gasteiger partial charge in [0.15, 0.2) is 0 Å². The van der Waals surface area contributed by atoms with E-state index in [-0.39, 0.29) is 5.69 Å². The minimum Gasteiger partial charge on any atom is -0.376 e. The number of anilines is 1. The summed E-state index contributed by atoms with van der Waals surface area (Å²) in [5.41, 5.74) is 3.70. The van der Waals surface area contributed by atoms with Gasteiger partial charge in [0.25, 0.3) is 0 Å². The molecule has 1 aliphatic rings. The zero-order valence-corrected chi connectivity index (χ0v) is 10.6. The Morgan fingerprint density at radius 1 is 1.30 bits per heavy atom. The van der Waals surface area contributed by atoms with Gasteiger partial charge in [-0.3, -0.25) is 4.68 Å². The Morgan fingerprint density at radius 3 is 3.05 bits per heavy atom. The van der Waals surface area contributed by atoms with E-state index >= 15 is 0 Å². The van der Waals surface area contributed by atoms with Crippen LogP contribution in [0, 0.1) is 5.95 Å². The number of fused-ring (bicyclic) bond motifs is 3. The van der Waals surface area contributed by atoms with E-state index in [1.807, 2.05) is 13.2 Å². The maximum atomic E-state index is 13.7. The van der Waals surface area contributed by atoms with Crippen molar-refractivity contribution < 1.29 is 4.39 Å². The van der Waals surface area contributed by atoms with Crippen LogP contribution in [0.15, 0.2) is 24.9 Å². The summed E-state index contributed by atoms with van der Waals surface area (Å²) in [7, 11) is 1.86. The van der Waals surface area contributed by atoms with Crippen LogP contribution >= 0.6 is 0 Å². The maximum absolute atomic E-state index is 13.7. The first-order valence-corrected chi connectivity index (χ1v) is 6.04. The Morgan fingerprint density at radius 2 is 2.20 bits per heavy atom. The summed E-state index contributed by atoms with van der Waals surface area (Å²) in [4.78, 5) is 7.37. The first-order valence-electron chi connectivity index (χ1n) is 6.04. The van der Waals surface area contributed by atoms with Gasteiger partial charge in [0.1, 0.15) is 17.7 Å². The van der Waals surface area contributed by atoms with Gasteiger partial charge >= 0.3 is 0 Å². The standard InChI is InChI=1S/C12H10FN7/c1-19-5-9-11(18-19)7-4-20(17-8(7)2-15-9)10-3-14-6-16-12(10)13/h3-6,15H,2H2,1H3. The number of rotatable bonds is 1. The second-order valence-electron chi connectivity index (χ2n) is 4.55. The Bertz CT molecular complexity index is 804. The topological polar surface area (TPSA) is 73.5 Å². The lowest BCUT2D eigenvalue weighted by Gasteiger charge is -2.10. The molecule has 100 valence electrons. The third-order valence-corrected chi connectivity index (χ3v) is 3.21. The highest BCUT2D eigenvalue weighted by Gasteiger charge is 2.23. The van der Waals surface area contributed by atoms with Gasteiger partial charge in [-0.25, -0.2) is 14.6 Å². The monoisotopic (exact) mass is 271 g/mol. The van der Waals surface area contributed by atoms with Crippen LogP contribution < -0.4 is 5.32 Å². The highest BCUT2D eigenvalue weighted by molar-refractivity contribution is 5.78. The lowest BCUT2D eigenvalue weighted by Crippen LogP contribution is -2.07. The van der Waals surface area contributed by atoms with E-state index in [0.29, 0.717) is 6.54 Å². The van der Waals surface area contributed by atoms with Crippen molar-refractivity contribution in [3.63, 3.8) is 0 Å². The normalized spacial score (nSPS) is 12.7. The number of aromatic nitrogens is 6. The second-order valence-corrected chi connectivity index (χ2v) is 4.55. The molecule has 1 N–H and O–H groups in total. The third kappa shape index (κ3) is 1.51. The number of halogens is 1. The summed E-state index contributed by atoms with van der Waals surface area (Å²) in [5, 5.41) is 12.0. The summed E-state index contributed by atoms with van der Waals surface area (Å²) in [6.07, 6.45) is 6.22. The molecular formula is C12H10FN7. The SMILES string of the molecule is Cn1cc2c(n1)-c1cn(-c3cncnc3F)nc1CN2. The van der Waals surface area contributed by atoms with E-state index in [4.69, 9.17) is 0 Å². The van der Waals surface area contributed by atoms with Crippen molar-refractivity contribution >= 4 is 5.69 Å². The van der Waals surface area contributed by atoms with E-state index in [2.05, 4.69) is 25.5 Å². The van der Waals surface area contributed by atoms with Gasteiger partial charge in [-0.15, -0.1) is 0 Å². The molecule has 0 saturated heterocycles. The molecule has 3 aromatic rings. The lowest BCUT2D eigenvalue weighted by atomic mass is 10.1. The van der Waals surface area contributed by atoms with Crippen LogP contribution in [0.25, 0.3) is 16.9 Å². The Hall–Kier alpha value is -2.77. The molecule has 0 atom stereocenters. The molecule has 3 aromatic heterocycles. The van der Waals surface area contributed by atoms with Gasteiger partial charge in [0, 0.05) is 25.0 Å². The van der Waals surface area contributed by atoms with Gasteiger partial charge in [-0.1, -0.05) is 0 Å². The quantitative estimate of drug-likeness (QED) is 0.671. The van der Waals surface area contributed by atoms with Crippen LogP contribution in [0.3, 0.4) is 0 Å². The van der Waals surface area contributed by atoms with Crippen LogP contribution in [-0.2, 0) is 13.6 Å². The molecule has 20 heavy (non-hydrogen) atoms. The van der Waals surface area contributed by atoms with E-state index < -0.39 is 5.95 Å². The van der Waals surface area contributed by atoms with Gasteiger partial charge in [-0.2, -0.15) is 14.6 Å².